The van der Waals surface area contributed by atoms with E-state index in [0.29, 0.717) is 6.10 Å². The standard InChI is InChI=1S/C29H32O/c1-29(2,3)30-28-26-22-18-16-15(11-13-9-6-8-12-7-4-5-10-14(12)13)17-20(18)24(26)25-21(17)19(16)23(22)27(25)28/h4-10,15-28H,11H2,1-3H3. The second-order valence-electron chi connectivity index (χ2n) is 13.1. The van der Waals surface area contributed by atoms with Gasteiger partial charge in [-0.05, 0) is 120 Å². The van der Waals surface area contributed by atoms with Crippen LogP contribution in [0.25, 0.3) is 10.8 Å². The lowest BCUT2D eigenvalue weighted by atomic mass is 9.80. The van der Waals surface area contributed by atoms with Crippen molar-refractivity contribution in [3.63, 3.8) is 0 Å². The van der Waals surface area contributed by atoms with Gasteiger partial charge in [-0.2, -0.15) is 0 Å². The summed E-state index contributed by atoms with van der Waals surface area (Å²) in [6.07, 6.45) is 1.97. The van der Waals surface area contributed by atoms with Crippen molar-refractivity contribution in [2.45, 2.75) is 38.9 Å². The zero-order valence-electron chi connectivity index (χ0n) is 18.2. The Hall–Kier alpha value is -1.34. The van der Waals surface area contributed by atoms with Crippen LogP contribution in [-0.2, 0) is 11.2 Å². The van der Waals surface area contributed by atoms with Crippen molar-refractivity contribution in [2.75, 3.05) is 0 Å². The molecule has 0 N–H and O–H groups in total. The molecule has 30 heavy (non-hydrogen) atoms. The van der Waals surface area contributed by atoms with Crippen LogP contribution in [0, 0.1) is 76.9 Å². The van der Waals surface area contributed by atoms with Gasteiger partial charge in [-0.25, -0.2) is 0 Å². The first-order valence-electron chi connectivity index (χ1n) is 12.7. The van der Waals surface area contributed by atoms with Gasteiger partial charge in [0.2, 0.25) is 0 Å². The topological polar surface area (TPSA) is 9.23 Å². The number of ether oxygens (including phenoxy) is 1. The zero-order chi connectivity index (χ0) is 19.7. The minimum Gasteiger partial charge on any atom is -0.372 e. The summed E-state index contributed by atoms with van der Waals surface area (Å²) >= 11 is 0. The van der Waals surface area contributed by atoms with Gasteiger partial charge in [0.1, 0.15) is 0 Å². The Morgan fingerprint density at radius 2 is 1.17 bits per heavy atom. The van der Waals surface area contributed by atoms with Crippen LogP contribution < -0.4 is 0 Å². The van der Waals surface area contributed by atoms with Gasteiger partial charge in [-0.15, -0.1) is 0 Å². The summed E-state index contributed by atoms with van der Waals surface area (Å²) in [6, 6.07) is 16.1. The predicted octanol–water partition coefficient (Wildman–Crippen LogP) is 5.67. The minimum absolute atomic E-state index is 0.0307. The van der Waals surface area contributed by atoms with E-state index in [2.05, 4.69) is 63.2 Å². The minimum atomic E-state index is 0.0307. The Morgan fingerprint density at radius 3 is 1.77 bits per heavy atom. The zero-order valence-corrected chi connectivity index (χ0v) is 18.2. The van der Waals surface area contributed by atoms with Gasteiger partial charge in [-0.1, -0.05) is 42.5 Å². The molecule has 8 aliphatic carbocycles. The number of hydrogen-bond donors (Lipinski definition) is 0. The number of rotatable bonds is 3. The molecule has 0 heterocycles. The molecule has 10 rings (SSSR count). The Kier molecular flexibility index (Phi) is 2.56. The maximum atomic E-state index is 6.81. The Morgan fingerprint density at radius 1 is 0.633 bits per heavy atom. The van der Waals surface area contributed by atoms with Gasteiger partial charge in [0.25, 0.3) is 0 Å². The van der Waals surface area contributed by atoms with Crippen molar-refractivity contribution in [3.05, 3.63) is 48.0 Å². The van der Waals surface area contributed by atoms with Crippen molar-refractivity contribution in [1.29, 1.82) is 0 Å². The molecular formula is C29H32O. The molecule has 8 unspecified atom stereocenters. The van der Waals surface area contributed by atoms with E-state index in [-0.39, 0.29) is 5.60 Å². The summed E-state index contributed by atoms with van der Waals surface area (Å²) in [6.45, 7) is 6.86. The van der Waals surface area contributed by atoms with Crippen molar-refractivity contribution in [1.82, 2.24) is 0 Å². The largest absolute Gasteiger partial charge is 0.372 e. The van der Waals surface area contributed by atoms with Crippen LogP contribution in [0.3, 0.4) is 0 Å². The Balaban J connectivity index is 1.11. The van der Waals surface area contributed by atoms with E-state index in [0.717, 1.165) is 76.9 Å². The summed E-state index contributed by atoms with van der Waals surface area (Å²) < 4.78 is 6.81. The van der Waals surface area contributed by atoms with E-state index >= 15 is 0 Å². The summed E-state index contributed by atoms with van der Waals surface area (Å²) in [7, 11) is 0. The fraction of sp³-hybridized carbons (Fsp3) is 0.655. The fourth-order valence-corrected chi connectivity index (χ4v) is 12.3. The highest BCUT2D eigenvalue weighted by Gasteiger charge is 2.92. The van der Waals surface area contributed by atoms with Crippen molar-refractivity contribution in [2.24, 2.45) is 76.9 Å². The lowest BCUT2D eigenvalue weighted by Gasteiger charge is -2.30. The van der Waals surface area contributed by atoms with E-state index in [4.69, 9.17) is 4.74 Å². The van der Waals surface area contributed by atoms with Gasteiger partial charge >= 0.3 is 0 Å². The first-order chi connectivity index (χ1) is 14.5. The molecule has 0 radical (unpaired) electrons. The second kappa shape index (κ2) is 4.70. The van der Waals surface area contributed by atoms with Crippen LogP contribution in [0.1, 0.15) is 26.3 Å². The Bertz CT molecular complexity index is 1030. The van der Waals surface area contributed by atoms with Crippen LogP contribution in [0.2, 0.25) is 0 Å². The highest BCUT2D eigenvalue weighted by atomic mass is 16.5. The third-order valence-corrected chi connectivity index (χ3v) is 11.7. The second-order valence-corrected chi connectivity index (χ2v) is 13.1. The van der Waals surface area contributed by atoms with Crippen molar-refractivity contribution >= 4 is 10.8 Å². The van der Waals surface area contributed by atoms with Gasteiger partial charge < -0.3 is 4.74 Å². The number of fused-ring (bicyclic) bond motifs is 1. The van der Waals surface area contributed by atoms with Crippen molar-refractivity contribution in [3.8, 4) is 0 Å². The molecule has 0 amide bonds. The van der Waals surface area contributed by atoms with E-state index in [1.54, 1.807) is 5.56 Å². The molecule has 0 saturated heterocycles. The lowest BCUT2D eigenvalue weighted by molar-refractivity contribution is -0.0869. The normalized spacial score (nSPS) is 56.8. The average molecular weight is 397 g/mol. The van der Waals surface area contributed by atoms with Gasteiger partial charge in [0.05, 0.1) is 11.7 Å². The molecule has 0 aliphatic heterocycles. The molecule has 0 spiro atoms. The summed E-state index contributed by atoms with van der Waals surface area (Å²) in [5.41, 5.74) is 1.67. The van der Waals surface area contributed by atoms with Crippen LogP contribution in [0.15, 0.2) is 42.5 Å². The molecule has 1 heteroatoms. The molecule has 2 aromatic carbocycles. The van der Waals surface area contributed by atoms with Gasteiger partial charge in [0, 0.05) is 0 Å². The lowest BCUT2D eigenvalue weighted by Crippen LogP contribution is -2.33. The molecule has 1 nitrogen and oxygen atoms in total. The van der Waals surface area contributed by atoms with E-state index in [9.17, 15) is 0 Å². The number of hydrogen-bond acceptors (Lipinski definition) is 1. The summed E-state index contributed by atoms with van der Waals surface area (Å²) in [4.78, 5) is 0. The molecule has 154 valence electrons. The molecule has 8 saturated carbocycles. The summed E-state index contributed by atoms with van der Waals surface area (Å²) in [5.74, 6) is 13.6. The van der Waals surface area contributed by atoms with E-state index < -0.39 is 0 Å². The molecule has 2 aromatic rings. The van der Waals surface area contributed by atoms with Crippen molar-refractivity contribution < 1.29 is 4.74 Å². The first-order valence-corrected chi connectivity index (χ1v) is 12.7. The first kappa shape index (κ1) is 16.3. The van der Waals surface area contributed by atoms with Gasteiger partial charge in [0.15, 0.2) is 0 Å². The Labute approximate surface area is 179 Å². The molecule has 8 aliphatic rings. The van der Waals surface area contributed by atoms with Crippen LogP contribution in [0.5, 0.6) is 0 Å². The van der Waals surface area contributed by atoms with Crippen LogP contribution >= 0.6 is 0 Å². The third kappa shape index (κ3) is 1.49. The highest BCUT2D eigenvalue weighted by molar-refractivity contribution is 5.85. The third-order valence-electron chi connectivity index (χ3n) is 11.7. The average Bonchev–Trinajstić information content (AvgIpc) is 3.47. The monoisotopic (exact) mass is 396 g/mol. The smallest absolute Gasteiger partial charge is 0.0649 e. The van der Waals surface area contributed by atoms with E-state index in [1.165, 1.54) is 17.2 Å². The fourth-order valence-electron chi connectivity index (χ4n) is 12.3. The van der Waals surface area contributed by atoms with E-state index in [1.807, 2.05) is 0 Å². The maximum Gasteiger partial charge on any atom is 0.0649 e. The molecule has 8 fully saturated rings. The van der Waals surface area contributed by atoms with Gasteiger partial charge in [-0.3, -0.25) is 0 Å². The predicted molar refractivity (Wildman–Crippen MR) is 118 cm³/mol. The van der Waals surface area contributed by atoms with Crippen LogP contribution in [0.4, 0.5) is 0 Å². The highest BCUT2D eigenvalue weighted by Crippen LogP contribution is 2.94. The maximum absolute atomic E-state index is 6.81. The summed E-state index contributed by atoms with van der Waals surface area (Å²) in [5, 5.41) is 2.95. The molecule has 0 aromatic heterocycles. The molecular weight excluding hydrogens is 364 g/mol. The number of benzene rings is 2. The SMILES string of the molecule is CC(C)(C)OC1C2C3C4C5C(Cc6cccc7ccccc67)C6C4C2C2C1C3C5C62. The van der Waals surface area contributed by atoms with Crippen LogP contribution in [-0.4, -0.2) is 11.7 Å². The molecule has 4 bridgehead atoms. The quantitative estimate of drug-likeness (QED) is 0.649. The molecule has 8 atom stereocenters.